The molecular weight excluding hydrogens is 317 g/mol. The van der Waals surface area contributed by atoms with Crippen molar-refractivity contribution in [2.24, 2.45) is 0 Å². The monoisotopic (exact) mass is 330 g/mol. The molecule has 0 atom stereocenters. The van der Waals surface area contributed by atoms with Gasteiger partial charge in [-0.3, -0.25) is 9.78 Å². The zero-order valence-corrected chi connectivity index (χ0v) is 12.7. The summed E-state index contributed by atoms with van der Waals surface area (Å²) in [7, 11) is 0. The van der Waals surface area contributed by atoms with Gasteiger partial charge in [0.25, 0.3) is 5.91 Å². The Labute approximate surface area is 136 Å². The Kier molecular flexibility index (Phi) is 3.97. The molecule has 3 aromatic rings. The van der Waals surface area contributed by atoms with E-state index in [-0.39, 0.29) is 11.3 Å². The number of rotatable bonds is 2. The predicted octanol–water partition coefficient (Wildman–Crippen LogP) is 4.81. The minimum atomic E-state index is -4.46. The Morgan fingerprint density at radius 3 is 2.58 bits per heavy atom. The maximum absolute atomic E-state index is 13.0. The summed E-state index contributed by atoms with van der Waals surface area (Å²) < 4.78 is 38.9. The van der Waals surface area contributed by atoms with Crippen molar-refractivity contribution in [2.45, 2.75) is 13.1 Å². The van der Waals surface area contributed by atoms with Crippen molar-refractivity contribution < 1.29 is 18.0 Å². The molecule has 3 rings (SSSR count). The summed E-state index contributed by atoms with van der Waals surface area (Å²) in [6.07, 6.45) is -1.27. The number of aromatic nitrogens is 1. The molecule has 0 saturated carbocycles. The zero-order chi connectivity index (χ0) is 17.3. The number of fused-ring (bicyclic) bond motifs is 1. The molecular formula is C18H13F3N2O. The lowest BCUT2D eigenvalue weighted by molar-refractivity contribution is -0.138. The van der Waals surface area contributed by atoms with Crippen LogP contribution in [-0.2, 0) is 6.18 Å². The number of hydrogen-bond acceptors (Lipinski definition) is 2. The van der Waals surface area contributed by atoms with Crippen LogP contribution in [0.15, 0.2) is 54.9 Å². The maximum atomic E-state index is 13.0. The predicted molar refractivity (Wildman–Crippen MR) is 85.9 cm³/mol. The zero-order valence-electron chi connectivity index (χ0n) is 12.7. The second kappa shape index (κ2) is 5.96. The normalized spacial score (nSPS) is 11.5. The highest BCUT2D eigenvalue weighted by Gasteiger charge is 2.33. The number of amides is 1. The van der Waals surface area contributed by atoms with Gasteiger partial charge in [0.15, 0.2) is 0 Å². The van der Waals surface area contributed by atoms with Crippen LogP contribution >= 0.6 is 0 Å². The molecule has 0 aliphatic rings. The Morgan fingerprint density at radius 2 is 1.83 bits per heavy atom. The number of carbonyl (C=O) groups excluding carboxylic acids is 1. The van der Waals surface area contributed by atoms with E-state index in [1.807, 2.05) is 6.07 Å². The van der Waals surface area contributed by atoms with Crippen LogP contribution in [0, 0.1) is 6.92 Å². The molecule has 2 aromatic carbocycles. The van der Waals surface area contributed by atoms with E-state index in [1.54, 1.807) is 30.6 Å². The highest BCUT2D eigenvalue weighted by atomic mass is 19.4. The third-order valence-corrected chi connectivity index (χ3v) is 3.81. The first-order valence-corrected chi connectivity index (χ1v) is 7.19. The molecule has 0 fully saturated rings. The Hall–Kier alpha value is -2.89. The molecule has 1 amide bonds. The third kappa shape index (κ3) is 2.95. The molecule has 0 aliphatic heterocycles. The van der Waals surface area contributed by atoms with E-state index in [1.165, 1.54) is 19.1 Å². The van der Waals surface area contributed by atoms with Crippen molar-refractivity contribution >= 4 is 22.4 Å². The van der Waals surface area contributed by atoms with Crippen LogP contribution in [0.3, 0.4) is 0 Å². The van der Waals surface area contributed by atoms with E-state index in [2.05, 4.69) is 10.3 Å². The molecule has 0 unspecified atom stereocenters. The minimum Gasteiger partial charge on any atom is -0.322 e. The average molecular weight is 330 g/mol. The van der Waals surface area contributed by atoms with Gasteiger partial charge in [0, 0.05) is 29.0 Å². The lowest BCUT2D eigenvalue weighted by atomic mass is 10.0. The first kappa shape index (κ1) is 16.0. The molecule has 24 heavy (non-hydrogen) atoms. The van der Waals surface area contributed by atoms with E-state index < -0.39 is 17.6 Å². The molecule has 0 spiro atoms. The molecule has 1 aromatic heterocycles. The average Bonchev–Trinajstić information content (AvgIpc) is 2.55. The number of hydrogen-bond donors (Lipinski definition) is 1. The van der Waals surface area contributed by atoms with Crippen LogP contribution in [0.4, 0.5) is 18.9 Å². The maximum Gasteiger partial charge on any atom is 0.416 e. The summed E-state index contributed by atoms with van der Waals surface area (Å²) in [5, 5.41) is 4.04. The minimum absolute atomic E-state index is 0.0137. The standard InChI is InChI=1S/C18H13F3N2O/c1-11-15(18(19,20)21)6-3-7-16(11)23-17(24)14-5-2-4-12-10-22-9-8-13(12)14/h2-10H,1H3,(H,23,24). The van der Waals surface area contributed by atoms with Crippen LogP contribution in [0.2, 0.25) is 0 Å². The van der Waals surface area contributed by atoms with Crippen molar-refractivity contribution in [1.82, 2.24) is 4.98 Å². The number of anilines is 1. The van der Waals surface area contributed by atoms with E-state index in [0.717, 1.165) is 11.5 Å². The Balaban J connectivity index is 1.98. The fraction of sp³-hybridized carbons (Fsp3) is 0.111. The van der Waals surface area contributed by atoms with E-state index >= 15 is 0 Å². The fourth-order valence-corrected chi connectivity index (χ4v) is 2.59. The summed E-state index contributed by atoms with van der Waals surface area (Å²) >= 11 is 0. The molecule has 3 nitrogen and oxygen atoms in total. The lowest BCUT2D eigenvalue weighted by Gasteiger charge is -2.15. The second-order valence-corrected chi connectivity index (χ2v) is 5.33. The van der Waals surface area contributed by atoms with Gasteiger partial charge in [0.2, 0.25) is 0 Å². The molecule has 0 bridgehead atoms. The number of carbonyl (C=O) groups is 1. The number of alkyl halides is 3. The summed E-state index contributed by atoms with van der Waals surface area (Å²) in [4.78, 5) is 16.5. The van der Waals surface area contributed by atoms with Crippen LogP contribution in [0.5, 0.6) is 0 Å². The highest BCUT2D eigenvalue weighted by molar-refractivity contribution is 6.13. The second-order valence-electron chi connectivity index (χ2n) is 5.33. The number of nitrogens with one attached hydrogen (secondary N) is 1. The van der Waals surface area contributed by atoms with Gasteiger partial charge in [-0.1, -0.05) is 18.2 Å². The van der Waals surface area contributed by atoms with Crippen LogP contribution in [0.25, 0.3) is 10.8 Å². The van der Waals surface area contributed by atoms with Crippen LogP contribution in [-0.4, -0.2) is 10.9 Å². The number of pyridine rings is 1. The number of halogens is 3. The van der Waals surface area contributed by atoms with Crippen LogP contribution in [0.1, 0.15) is 21.5 Å². The number of benzene rings is 2. The third-order valence-electron chi connectivity index (χ3n) is 3.81. The van der Waals surface area contributed by atoms with Crippen molar-refractivity contribution in [3.05, 3.63) is 71.5 Å². The van der Waals surface area contributed by atoms with Gasteiger partial charge in [0.1, 0.15) is 0 Å². The SMILES string of the molecule is Cc1c(NC(=O)c2cccc3cnccc23)cccc1C(F)(F)F. The van der Waals surface area contributed by atoms with E-state index in [4.69, 9.17) is 0 Å². The Morgan fingerprint density at radius 1 is 1.08 bits per heavy atom. The van der Waals surface area contributed by atoms with Gasteiger partial charge < -0.3 is 5.32 Å². The van der Waals surface area contributed by atoms with E-state index in [9.17, 15) is 18.0 Å². The quantitative estimate of drug-likeness (QED) is 0.732. The molecule has 1 N–H and O–H groups in total. The van der Waals surface area contributed by atoms with Gasteiger partial charge >= 0.3 is 6.18 Å². The summed E-state index contributed by atoms with van der Waals surface area (Å²) in [5.74, 6) is -0.464. The van der Waals surface area contributed by atoms with Crippen molar-refractivity contribution in [2.75, 3.05) is 5.32 Å². The number of nitrogens with zero attached hydrogens (tertiary/aromatic N) is 1. The van der Waals surface area contributed by atoms with Crippen LogP contribution < -0.4 is 5.32 Å². The summed E-state index contributed by atoms with van der Waals surface area (Å²) in [5.41, 5.74) is -0.254. The Bertz CT molecular complexity index is 914. The first-order valence-electron chi connectivity index (χ1n) is 7.19. The molecule has 122 valence electrons. The van der Waals surface area contributed by atoms with Gasteiger partial charge in [-0.15, -0.1) is 0 Å². The molecule has 6 heteroatoms. The van der Waals surface area contributed by atoms with Crippen molar-refractivity contribution in [1.29, 1.82) is 0 Å². The van der Waals surface area contributed by atoms with Gasteiger partial charge in [-0.2, -0.15) is 13.2 Å². The topological polar surface area (TPSA) is 42.0 Å². The summed E-state index contributed by atoms with van der Waals surface area (Å²) in [6, 6.07) is 10.6. The highest BCUT2D eigenvalue weighted by Crippen LogP contribution is 2.34. The van der Waals surface area contributed by atoms with Gasteiger partial charge in [0.05, 0.1) is 5.56 Å². The first-order chi connectivity index (χ1) is 11.4. The van der Waals surface area contributed by atoms with Gasteiger partial charge in [-0.25, -0.2) is 0 Å². The fourth-order valence-electron chi connectivity index (χ4n) is 2.59. The molecule has 0 radical (unpaired) electrons. The largest absolute Gasteiger partial charge is 0.416 e. The van der Waals surface area contributed by atoms with Gasteiger partial charge in [-0.05, 0) is 42.1 Å². The molecule has 0 saturated heterocycles. The smallest absolute Gasteiger partial charge is 0.322 e. The van der Waals surface area contributed by atoms with E-state index in [0.29, 0.717) is 10.9 Å². The van der Waals surface area contributed by atoms with Crippen molar-refractivity contribution in [3.63, 3.8) is 0 Å². The summed E-state index contributed by atoms with van der Waals surface area (Å²) in [6.45, 7) is 1.34. The molecule has 0 aliphatic carbocycles. The molecule has 1 heterocycles. The van der Waals surface area contributed by atoms with Crippen molar-refractivity contribution in [3.8, 4) is 0 Å². The lowest BCUT2D eigenvalue weighted by Crippen LogP contribution is -2.15.